The fourth-order valence-corrected chi connectivity index (χ4v) is 1.52. The van der Waals surface area contributed by atoms with Crippen LogP contribution < -0.4 is 10.5 Å². The summed E-state index contributed by atoms with van der Waals surface area (Å²) in [6, 6.07) is 6.22. The molecule has 6 nitrogen and oxygen atoms in total. The van der Waals surface area contributed by atoms with Crippen molar-refractivity contribution in [1.29, 1.82) is 0 Å². The van der Waals surface area contributed by atoms with Crippen molar-refractivity contribution in [2.45, 2.75) is 18.6 Å². The molecule has 0 bridgehead atoms. The predicted octanol–water partition coefficient (Wildman–Crippen LogP) is -0.539. The summed E-state index contributed by atoms with van der Waals surface area (Å²) in [4.78, 5) is 11.2. The SMILES string of the molecule is COC(=O)[C@@H](N)Cc1ccc(OC(CO)CO)cc1. The molecule has 6 heteroatoms. The van der Waals surface area contributed by atoms with Crippen LogP contribution in [0.5, 0.6) is 5.75 Å². The Morgan fingerprint density at radius 3 is 2.32 bits per heavy atom. The van der Waals surface area contributed by atoms with Crippen LogP contribution in [-0.4, -0.2) is 48.7 Å². The summed E-state index contributed by atoms with van der Waals surface area (Å²) in [5, 5.41) is 17.8. The molecule has 0 saturated heterocycles. The maximum Gasteiger partial charge on any atom is 0.322 e. The Bertz CT molecular complexity index is 389. The first kappa shape index (κ1) is 15.4. The van der Waals surface area contributed by atoms with Crippen molar-refractivity contribution >= 4 is 5.97 Å². The van der Waals surface area contributed by atoms with Gasteiger partial charge in [-0.1, -0.05) is 12.1 Å². The fourth-order valence-electron chi connectivity index (χ4n) is 1.52. The van der Waals surface area contributed by atoms with Gasteiger partial charge in [0.25, 0.3) is 0 Å². The number of hydrogen-bond acceptors (Lipinski definition) is 6. The predicted molar refractivity (Wildman–Crippen MR) is 68.7 cm³/mol. The molecule has 1 aromatic rings. The molecule has 0 spiro atoms. The largest absolute Gasteiger partial charge is 0.486 e. The van der Waals surface area contributed by atoms with E-state index in [9.17, 15) is 4.79 Å². The standard InChI is InChI=1S/C13H19NO5/c1-18-13(17)12(14)6-9-2-4-10(5-3-9)19-11(7-15)8-16/h2-5,11-12,15-16H,6-8,14H2,1H3/t12-/m0/s1. The Hall–Kier alpha value is -1.63. The van der Waals surface area contributed by atoms with Gasteiger partial charge >= 0.3 is 5.97 Å². The quantitative estimate of drug-likeness (QED) is 0.575. The van der Waals surface area contributed by atoms with E-state index >= 15 is 0 Å². The van der Waals surface area contributed by atoms with Crippen LogP contribution in [0.15, 0.2) is 24.3 Å². The van der Waals surface area contributed by atoms with Crippen LogP contribution in [0.4, 0.5) is 0 Å². The minimum absolute atomic E-state index is 0.258. The van der Waals surface area contributed by atoms with Crippen molar-refractivity contribution in [3.05, 3.63) is 29.8 Å². The normalized spacial score (nSPS) is 12.3. The lowest BCUT2D eigenvalue weighted by Crippen LogP contribution is -2.33. The third kappa shape index (κ3) is 4.86. The highest BCUT2D eigenvalue weighted by Crippen LogP contribution is 2.15. The number of esters is 1. The molecule has 1 rings (SSSR count). The van der Waals surface area contributed by atoms with Crippen LogP contribution in [0.2, 0.25) is 0 Å². The molecule has 19 heavy (non-hydrogen) atoms. The number of carbonyl (C=O) groups is 1. The van der Waals surface area contributed by atoms with E-state index in [4.69, 9.17) is 20.7 Å². The molecule has 0 aromatic heterocycles. The van der Waals surface area contributed by atoms with Crippen LogP contribution in [-0.2, 0) is 16.0 Å². The minimum atomic E-state index is -0.695. The number of methoxy groups -OCH3 is 1. The van der Waals surface area contributed by atoms with Crippen LogP contribution >= 0.6 is 0 Å². The number of aliphatic hydroxyl groups is 2. The van der Waals surface area contributed by atoms with Gasteiger partial charge in [0.1, 0.15) is 17.9 Å². The molecule has 0 aliphatic rings. The van der Waals surface area contributed by atoms with Crippen LogP contribution in [0.3, 0.4) is 0 Å². The molecule has 0 aliphatic heterocycles. The first-order chi connectivity index (χ1) is 9.10. The second-order valence-electron chi connectivity index (χ2n) is 4.08. The monoisotopic (exact) mass is 269 g/mol. The Labute approximate surface area is 111 Å². The third-order valence-corrected chi connectivity index (χ3v) is 2.59. The van der Waals surface area contributed by atoms with Crippen molar-refractivity contribution in [3.63, 3.8) is 0 Å². The lowest BCUT2D eigenvalue weighted by Gasteiger charge is -2.15. The van der Waals surface area contributed by atoms with Gasteiger partial charge in [0, 0.05) is 0 Å². The lowest BCUT2D eigenvalue weighted by molar-refractivity contribution is -0.142. The average Bonchev–Trinajstić information content (AvgIpc) is 2.45. The summed E-state index contributed by atoms with van der Waals surface area (Å²) in [7, 11) is 1.29. The van der Waals surface area contributed by atoms with E-state index in [0.29, 0.717) is 12.2 Å². The highest BCUT2D eigenvalue weighted by molar-refractivity contribution is 5.75. The topological polar surface area (TPSA) is 102 Å². The number of aliphatic hydroxyl groups excluding tert-OH is 2. The van der Waals surface area contributed by atoms with Crippen molar-refractivity contribution in [3.8, 4) is 5.75 Å². The Balaban J connectivity index is 2.58. The van der Waals surface area contributed by atoms with E-state index in [1.807, 2.05) is 0 Å². The van der Waals surface area contributed by atoms with Gasteiger partial charge in [0.2, 0.25) is 0 Å². The van der Waals surface area contributed by atoms with E-state index in [2.05, 4.69) is 4.74 Å². The number of rotatable bonds is 7. The van der Waals surface area contributed by atoms with Crippen molar-refractivity contribution in [2.75, 3.05) is 20.3 Å². The van der Waals surface area contributed by atoms with Gasteiger partial charge in [-0.3, -0.25) is 4.79 Å². The van der Waals surface area contributed by atoms with E-state index in [0.717, 1.165) is 5.56 Å². The van der Waals surface area contributed by atoms with Gasteiger partial charge in [-0.2, -0.15) is 0 Å². The maximum absolute atomic E-state index is 11.2. The molecule has 0 aliphatic carbocycles. The van der Waals surface area contributed by atoms with Crippen molar-refractivity contribution < 1.29 is 24.5 Å². The van der Waals surface area contributed by atoms with E-state index in [1.54, 1.807) is 24.3 Å². The first-order valence-corrected chi connectivity index (χ1v) is 5.91. The van der Waals surface area contributed by atoms with Gasteiger partial charge in [0.05, 0.1) is 20.3 Å². The van der Waals surface area contributed by atoms with Gasteiger partial charge in [-0.25, -0.2) is 0 Å². The third-order valence-electron chi connectivity index (χ3n) is 2.59. The fraction of sp³-hybridized carbons (Fsp3) is 0.462. The second kappa shape index (κ2) is 7.73. The maximum atomic E-state index is 11.2. The average molecular weight is 269 g/mol. The summed E-state index contributed by atoms with van der Waals surface area (Å²) in [5.74, 6) is 0.0736. The van der Waals surface area contributed by atoms with Gasteiger partial charge in [-0.15, -0.1) is 0 Å². The van der Waals surface area contributed by atoms with Crippen molar-refractivity contribution in [2.24, 2.45) is 5.73 Å². The zero-order chi connectivity index (χ0) is 14.3. The van der Waals surface area contributed by atoms with Gasteiger partial charge in [-0.05, 0) is 24.1 Å². The first-order valence-electron chi connectivity index (χ1n) is 5.91. The Morgan fingerprint density at radius 2 is 1.84 bits per heavy atom. The summed E-state index contributed by atoms with van der Waals surface area (Å²) >= 11 is 0. The van der Waals surface area contributed by atoms with Gasteiger partial charge < -0.3 is 25.4 Å². The molecule has 0 saturated carbocycles. The number of nitrogens with two attached hydrogens (primary N) is 1. The van der Waals surface area contributed by atoms with Gasteiger partial charge in [0.15, 0.2) is 0 Å². The zero-order valence-electron chi connectivity index (χ0n) is 10.8. The highest BCUT2D eigenvalue weighted by atomic mass is 16.5. The van der Waals surface area contributed by atoms with Crippen molar-refractivity contribution in [1.82, 2.24) is 0 Å². The molecule has 0 heterocycles. The molecule has 0 fully saturated rings. The molecule has 1 aromatic carbocycles. The Kier molecular flexibility index (Phi) is 6.27. The minimum Gasteiger partial charge on any atom is -0.486 e. The summed E-state index contributed by atoms with van der Waals surface area (Å²) < 4.78 is 9.86. The molecular weight excluding hydrogens is 250 g/mol. The second-order valence-corrected chi connectivity index (χ2v) is 4.08. The Morgan fingerprint density at radius 1 is 1.26 bits per heavy atom. The highest BCUT2D eigenvalue weighted by Gasteiger charge is 2.14. The number of carbonyl (C=O) groups excluding carboxylic acids is 1. The smallest absolute Gasteiger partial charge is 0.322 e. The zero-order valence-corrected chi connectivity index (χ0v) is 10.8. The molecule has 0 amide bonds. The van der Waals surface area contributed by atoms with Crippen LogP contribution in [0.1, 0.15) is 5.56 Å². The molecule has 106 valence electrons. The number of ether oxygens (including phenoxy) is 2. The molecule has 0 radical (unpaired) electrons. The lowest BCUT2D eigenvalue weighted by atomic mass is 10.1. The molecular formula is C13H19NO5. The molecule has 0 unspecified atom stereocenters. The van der Waals surface area contributed by atoms with E-state index in [-0.39, 0.29) is 13.2 Å². The molecule has 4 N–H and O–H groups in total. The molecule has 1 atom stereocenters. The van der Waals surface area contributed by atoms with E-state index in [1.165, 1.54) is 7.11 Å². The number of hydrogen-bond donors (Lipinski definition) is 3. The summed E-state index contributed by atoms with van der Waals surface area (Å²) in [6.07, 6.45) is -0.265. The van der Waals surface area contributed by atoms with Crippen LogP contribution in [0.25, 0.3) is 0 Å². The summed E-state index contributed by atoms with van der Waals surface area (Å²) in [6.45, 7) is -0.517. The van der Waals surface area contributed by atoms with E-state index < -0.39 is 18.1 Å². The van der Waals surface area contributed by atoms with Crippen LogP contribution in [0, 0.1) is 0 Å². The number of benzene rings is 1. The summed E-state index contributed by atoms with van der Waals surface area (Å²) in [5.41, 5.74) is 6.52.